The van der Waals surface area contributed by atoms with E-state index in [0.29, 0.717) is 5.39 Å². The predicted octanol–water partition coefficient (Wildman–Crippen LogP) is 1.83. The number of nitrogens with one attached hydrogen (secondary N) is 1. The topological polar surface area (TPSA) is 45.8 Å². The van der Waals surface area contributed by atoms with E-state index in [9.17, 15) is 4.79 Å². The molecule has 6 heteroatoms. The van der Waals surface area contributed by atoms with Gasteiger partial charge in [-0.25, -0.2) is 4.98 Å². The van der Waals surface area contributed by atoms with E-state index in [-0.39, 0.29) is 30.4 Å². The smallest absolute Gasteiger partial charge is 0.259 e. The Morgan fingerprint density at radius 2 is 2.17 bits per heavy atom. The summed E-state index contributed by atoms with van der Waals surface area (Å²) in [5.74, 6) is 0. The Morgan fingerprint density at radius 3 is 2.83 bits per heavy atom. The van der Waals surface area contributed by atoms with Crippen molar-refractivity contribution in [2.75, 3.05) is 0 Å². The van der Waals surface area contributed by atoms with Crippen molar-refractivity contribution in [1.29, 1.82) is 0 Å². The molecular weight excluding hydrogens is 219 g/mol. The van der Waals surface area contributed by atoms with Crippen molar-refractivity contribution >= 4 is 46.4 Å². The van der Waals surface area contributed by atoms with Crippen LogP contribution in [-0.4, -0.2) is 9.97 Å². The Bertz CT molecular complexity index is 411. The number of aromatic amines is 1. The standard InChI is InChI=1S/C6H4N2OS.2ClH/c9-5-4-1-2-10-6(4)8-3-7-5;;/h1-3H,(H,7,8,9);2*1H. The number of hydrogen-bond acceptors (Lipinski definition) is 3. The highest BCUT2D eigenvalue weighted by Gasteiger charge is 1.96. The van der Waals surface area contributed by atoms with Crippen molar-refractivity contribution in [2.45, 2.75) is 0 Å². The van der Waals surface area contributed by atoms with Crippen LogP contribution in [0.2, 0.25) is 0 Å². The Balaban J connectivity index is 0.000000605. The summed E-state index contributed by atoms with van der Waals surface area (Å²) in [5.41, 5.74) is -0.0637. The lowest BCUT2D eigenvalue weighted by Crippen LogP contribution is -2.03. The molecule has 2 aromatic rings. The van der Waals surface area contributed by atoms with Crippen molar-refractivity contribution in [1.82, 2.24) is 9.97 Å². The second-order valence-electron chi connectivity index (χ2n) is 1.87. The lowest BCUT2D eigenvalue weighted by atomic mass is 10.4. The first kappa shape index (κ1) is 11.4. The number of nitrogens with zero attached hydrogens (tertiary/aromatic N) is 1. The van der Waals surface area contributed by atoms with Crippen LogP contribution in [0.1, 0.15) is 0 Å². The third-order valence-electron chi connectivity index (χ3n) is 1.27. The molecule has 0 aliphatic rings. The first-order valence-electron chi connectivity index (χ1n) is 2.79. The highest BCUT2D eigenvalue weighted by atomic mass is 35.5. The number of fused-ring (bicyclic) bond motifs is 1. The summed E-state index contributed by atoms with van der Waals surface area (Å²) >= 11 is 1.47. The zero-order chi connectivity index (χ0) is 6.97. The van der Waals surface area contributed by atoms with Gasteiger partial charge in [-0.3, -0.25) is 4.79 Å². The lowest BCUT2D eigenvalue weighted by Gasteiger charge is -1.82. The Morgan fingerprint density at radius 1 is 1.42 bits per heavy atom. The SMILES string of the molecule is Cl.Cl.O=c1[nH]cnc2sccc12. The minimum atomic E-state index is -0.0637. The number of thiophene rings is 1. The average Bonchev–Trinajstić information content (AvgIpc) is 2.36. The van der Waals surface area contributed by atoms with Crippen molar-refractivity contribution in [3.05, 3.63) is 28.1 Å². The molecule has 0 aliphatic heterocycles. The van der Waals surface area contributed by atoms with Crippen LogP contribution in [0.25, 0.3) is 10.2 Å². The molecule has 0 amide bonds. The van der Waals surface area contributed by atoms with Crippen molar-refractivity contribution in [3.63, 3.8) is 0 Å². The second-order valence-corrected chi connectivity index (χ2v) is 2.77. The zero-order valence-electron chi connectivity index (χ0n) is 5.81. The number of aromatic nitrogens is 2. The molecule has 66 valence electrons. The van der Waals surface area contributed by atoms with Gasteiger partial charge in [-0.2, -0.15) is 0 Å². The van der Waals surface area contributed by atoms with Crippen LogP contribution in [0.3, 0.4) is 0 Å². The quantitative estimate of drug-likeness (QED) is 0.743. The summed E-state index contributed by atoms with van der Waals surface area (Å²) in [6.45, 7) is 0. The van der Waals surface area contributed by atoms with Gasteiger partial charge in [-0.05, 0) is 11.4 Å². The largest absolute Gasteiger partial charge is 0.313 e. The van der Waals surface area contributed by atoms with E-state index in [1.807, 2.05) is 5.38 Å². The summed E-state index contributed by atoms with van der Waals surface area (Å²) in [4.78, 5) is 18.2. The fourth-order valence-corrected chi connectivity index (χ4v) is 1.54. The molecular formula is C6H6Cl2N2OS. The van der Waals surface area contributed by atoms with Gasteiger partial charge in [0.05, 0.1) is 11.7 Å². The normalized spacial score (nSPS) is 8.67. The fourth-order valence-electron chi connectivity index (χ4n) is 0.801. The fraction of sp³-hybridized carbons (Fsp3) is 0. The van der Waals surface area contributed by atoms with Crippen LogP contribution in [0.4, 0.5) is 0 Å². The van der Waals surface area contributed by atoms with Crippen LogP contribution in [-0.2, 0) is 0 Å². The summed E-state index contributed by atoms with van der Waals surface area (Å²) < 4.78 is 0. The zero-order valence-corrected chi connectivity index (χ0v) is 8.26. The van der Waals surface area contributed by atoms with Crippen molar-refractivity contribution < 1.29 is 0 Å². The monoisotopic (exact) mass is 224 g/mol. The molecule has 0 spiro atoms. The predicted molar refractivity (Wildman–Crippen MR) is 54.7 cm³/mol. The van der Waals surface area contributed by atoms with Gasteiger partial charge in [0.2, 0.25) is 0 Å². The highest BCUT2D eigenvalue weighted by Crippen LogP contribution is 2.11. The van der Waals surface area contributed by atoms with Gasteiger partial charge in [-0.15, -0.1) is 36.2 Å². The van der Waals surface area contributed by atoms with Gasteiger partial charge in [0.1, 0.15) is 4.83 Å². The van der Waals surface area contributed by atoms with Gasteiger partial charge in [0.15, 0.2) is 0 Å². The summed E-state index contributed by atoms with van der Waals surface area (Å²) in [6, 6.07) is 1.77. The van der Waals surface area contributed by atoms with Gasteiger partial charge < -0.3 is 4.98 Å². The minimum Gasteiger partial charge on any atom is -0.313 e. The molecule has 2 heterocycles. The summed E-state index contributed by atoms with van der Waals surface area (Å²) in [5, 5.41) is 2.53. The molecule has 1 N–H and O–H groups in total. The van der Waals surface area contributed by atoms with Crippen LogP contribution >= 0.6 is 36.2 Å². The molecule has 0 saturated heterocycles. The summed E-state index contributed by atoms with van der Waals surface area (Å²) in [6.07, 6.45) is 1.42. The van der Waals surface area contributed by atoms with Gasteiger partial charge in [0.25, 0.3) is 5.56 Å². The van der Waals surface area contributed by atoms with Gasteiger partial charge >= 0.3 is 0 Å². The van der Waals surface area contributed by atoms with Crippen molar-refractivity contribution in [2.24, 2.45) is 0 Å². The van der Waals surface area contributed by atoms with Crippen LogP contribution in [0.15, 0.2) is 22.6 Å². The van der Waals surface area contributed by atoms with Crippen LogP contribution < -0.4 is 5.56 Å². The molecule has 12 heavy (non-hydrogen) atoms. The van der Waals surface area contributed by atoms with E-state index in [0.717, 1.165) is 4.83 Å². The third-order valence-corrected chi connectivity index (χ3v) is 2.09. The second kappa shape index (κ2) is 4.45. The number of halogens is 2. The summed E-state index contributed by atoms with van der Waals surface area (Å²) in [7, 11) is 0. The van der Waals surface area contributed by atoms with E-state index in [2.05, 4.69) is 9.97 Å². The highest BCUT2D eigenvalue weighted by molar-refractivity contribution is 7.16. The number of H-pyrrole nitrogens is 1. The molecule has 0 aromatic carbocycles. The minimum absolute atomic E-state index is 0. The molecule has 0 radical (unpaired) electrons. The van der Waals surface area contributed by atoms with Gasteiger partial charge in [0, 0.05) is 0 Å². The first-order valence-corrected chi connectivity index (χ1v) is 3.67. The molecule has 0 bridgehead atoms. The van der Waals surface area contributed by atoms with E-state index in [4.69, 9.17) is 0 Å². The molecule has 3 nitrogen and oxygen atoms in total. The molecule has 0 fully saturated rings. The van der Waals surface area contributed by atoms with Gasteiger partial charge in [-0.1, -0.05) is 0 Å². The Kier molecular flexibility index (Phi) is 4.23. The van der Waals surface area contributed by atoms with E-state index in [1.54, 1.807) is 6.07 Å². The Labute approximate surface area is 84.7 Å². The van der Waals surface area contributed by atoms with Crippen LogP contribution in [0, 0.1) is 0 Å². The third kappa shape index (κ3) is 1.77. The van der Waals surface area contributed by atoms with Crippen LogP contribution in [0.5, 0.6) is 0 Å². The maximum Gasteiger partial charge on any atom is 0.259 e. The Hall–Kier alpha value is -0.580. The first-order chi connectivity index (χ1) is 4.88. The van der Waals surface area contributed by atoms with E-state index < -0.39 is 0 Å². The number of rotatable bonds is 0. The molecule has 0 unspecified atom stereocenters. The maximum atomic E-state index is 11.0. The van der Waals surface area contributed by atoms with Crippen molar-refractivity contribution in [3.8, 4) is 0 Å². The molecule has 0 aliphatic carbocycles. The number of hydrogen-bond donors (Lipinski definition) is 1. The molecule has 0 atom stereocenters. The average molecular weight is 225 g/mol. The molecule has 0 saturated carbocycles. The van der Waals surface area contributed by atoms with E-state index >= 15 is 0 Å². The lowest BCUT2D eigenvalue weighted by molar-refractivity contribution is 1.18. The molecule has 2 rings (SSSR count). The maximum absolute atomic E-state index is 11.0. The van der Waals surface area contributed by atoms with E-state index in [1.165, 1.54) is 17.7 Å². The molecule has 2 aromatic heterocycles.